The summed E-state index contributed by atoms with van der Waals surface area (Å²) in [4.78, 5) is 17.5. The lowest BCUT2D eigenvalue weighted by atomic mass is 9.68. The fourth-order valence-electron chi connectivity index (χ4n) is 6.79. The molecule has 5 heteroatoms. The second-order valence-electron chi connectivity index (χ2n) is 12.7. The summed E-state index contributed by atoms with van der Waals surface area (Å²) in [6.07, 6.45) is 1.12. The first-order valence-electron chi connectivity index (χ1n) is 14.8. The fraction of sp³-hybridized carbons (Fsp3) is 0.263. The number of ketones is 1. The quantitative estimate of drug-likeness (QED) is 0.237. The Hall–Kier alpha value is -4.27. The van der Waals surface area contributed by atoms with Crippen molar-refractivity contribution in [3.05, 3.63) is 129 Å². The van der Waals surface area contributed by atoms with Gasteiger partial charge in [0.15, 0.2) is 5.78 Å². The molecule has 2 aliphatic rings. The van der Waals surface area contributed by atoms with E-state index in [2.05, 4.69) is 95.3 Å². The molecule has 2 N–H and O–H groups in total. The summed E-state index contributed by atoms with van der Waals surface area (Å²) in [5, 5.41) is 12.8. The first kappa shape index (κ1) is 28.8. The van der Waals surface area contributed by atoms with Gasteiger partial charge in [-0.15, -0.1) is 11.8 Å². The highest BCUT2D eigenvalue weighted by Gasteiger charge is 2.45. The molecule has 0 bridgehead atoms. The number of carbonyl (C=O) groups excluding carboxylic acids is 1. The van der Waals surface area contributed by atoms with E-state index in [0.29, 0.717) is 29.8 Å². The molecule has 0 radical (unpaired) electrons. The van der Waals surface area contributed by atoms with Gasteiger partial charge in [-0.05, 0) is 72.4 Å². The molecule has 4 nitrogen and oxygen atoms in total. The van der Waals surface area contributed by atoms with Crippen LogP contribution >= 0.6 is 11.8 Å². The Morgan fingerprint density at radius 2 is 1.70 bits per heavy atom. The third kappa shape index (κ3) is 5.15. The molecule has 1 aliphatic carbocycles. The van der Waals surface area contributed by atoms with E-state index >= 15 is 0 Å². The van der Waals surface area contributed by atoms with Gasteiger partial charge in [-0.1, -0.05) is 86.1 Å². The van der Waals surface area contributed by atoms with Crippen LogP contribution in [-0.2, 0) is 10.5 Å². The zero-order valence-electron chi connectivity index (χ0n) is 25.5. The van der Waals surface area contributed by atoms with Crippen LogP contribution in [0.15, 0.2) is 106 Å². The summed E-state index contributed by atoms with van der Waals surface area (Å²) in [5.74, 6) is 0.800. The van der Waals surface area contributed by atoms with Crippen molar-refractivity contribution < 1.29 is 4.79 Å². The Labute approximate surface area is 258 Å². The molecule has 1 aliphatic heterocycles. The molecule has 0 amide bonds. The van der Waals surface area contributed by atoms with E-state index in [1.807, 2.05) is 40.9 Å². The van der Waals surface area contributed by atoms with Crippen molar-refractivity contribution in [3.63, 3.8) is 0 Å². The molecule has 1 heterocycles. The lowest BCUT2D eigenvalue weighted by Crippen LogP contribution is -2.42. The molecule has 216 valence electrons. The monoisotopic (exact) mass is 583 g/mol. The summed E-state index contributed by atoms with van der Waals surface area (Å²) in [7, 11) is 0. The van der Waals surface area contributed by atoms with Crippen LogP contribution in [0.5, 0.6) is 0 Å². The van der Waals surface area contributed by atoms with Crippen molar-refractivity contribution in [1.82, 2.24) is 0 Å². The molecule has 0 fully saturated rings. The standard InChI is InChI=1S/C38H37N3OS/c1-23-17-27(22-43-34-16-9-6-11-24(34)2)25(3)29(18-23)35-30(21-39)37(40)41(32-19-38(4,5)20-33(42)36(32)35)31-15-10-13-26-12-7-8-14-28(26)31/h6-18,35H,19-20,22,40H2,1-5H3. The molecule has 1 atom stereocenters. The first-order valence-corrected chi connectivity index (χ1v) is 15.8. The van der Waals surface area contributed by atoms with E-state index in [1.54, 1.807) is 0 Å². The predicted molar refractivity (Wildman–Crippen MR) is 178 cm³/mol. The summed E-state index contributed by atoms with van der Waals surface area (Å²) in [6.45, 7) is 10.6. The summed E-state index contributed by atoms with van der Waals surface area (Å²) in [6, 6.07) is 29.6. The van der Waals surface area contributed by atoms with Crippen LogP contribution < -0.4 is 10.6 Å². The number of nitrogens with two attached hydrogens (primary N) is 1. The molecule has 0 aromatic heterocycles. The number of Topliss-reactive ketones (excluding diaryl/α,β-unsaturated/α-hetero) is 1. The van der Waals surface area contributed by atoms with Crippen molar-refractivity contribution in [1.29, 1.82) is 5.26 Å². The second-order valence-corrected chi connectivity index (χ2v) is 13.7. The average Bonchev–Trinajstić information content (AvgIpc) is 2.97. The maximum atomic E-state index is 14.2. The van der Waals surface area contributed by atoms with E-state index in [-0.39, 0.29) is 11.2 Å². The van der Waals surface area contributed by atoms with E-state index in [1.165, 1.54) is 16.0 Å². The molecule has 43 heavy (non-hydrogen) atoms. The van der Waals surface area contributed by atoms with Gasteiger partial charge in [-0.3, -0.25) is 9.69 Å². The van der Waals surface area contributed by atoms with Gasteiger partial charge in [0, 0.05) is 33.7 Å². The molecule has 4 aromatic rings. The molecular weight excluding hydrogens is 547 g/mol. The van der Waals surface area contributed by atoms with E-state index < -0.39 is 5.92 Å². The number of benzene rings is 4. The highest BCUT2D eigenvalue weighted by molar-refractivity contribution is 7.98. The molecule has 1 unspecified atom stereocenters. The normalized spacial score (nSPS) is 18.2. The number of carbonyl (C=O) groups is 1. The third-order valence-electron chi connectivity index (χ3n) is 8.88. The average molecular weight is 584 g/mol. The summed E-state index contributed by atoms with van der Waals surface area (Å²) >= 11 is 1.82. The maximum Gasteiger partial charge on any atom is 0.162 e. The smallest absolute Gasteiger partial charge is 0.162 e. The third-order valence-corrected chi connectivity index (χ3v) is 10.1. The van der Waals surface area contributed by atoms with Crippen molar-refractivity contribution in [2.45, 2.75) is 64.0 Å². The van der Waals surface area contributed by atoms with Crippen LogP contribution in [0, 0.1) is 37.5 Å². The molecule has 0 spiro atoms. The van der Waals surface area contributed by atoms with Gasteiger partial charge in [-0.2, -0.15) is 5.26 Å². The van der Waals surface area contributed by atoms with Gasteiger partial charge in [0.1, 0.15) is 5.82 Å². The minimum atomic E-state index is -0.503. The van der Waals surface area contributed by atoms with Gasteiger partial charge in [0.25, 0.3) is 0 Å². The van der Waals surface area contributed by atoms with Gasteiger partial charge in [0.2, 0.25) is 0 Å². The Kier molecular flexibility index (Phi) is 7.44. The molecule has 0 saturated carbocycles. The minimum absolute atomic E-state index is 0.0958. The van der Waals surface area contributed by atoms with Crippen molar-refractivity contribution in [2.75, 3.05) is 4.90 Å². The fourth-order valence-corrected chi connectivity index (χ4v) is 7.87. The Balaban J connectivity index is 1.55. The number of nitriles is 1. The number of hydrogen-bond acceptors (Lipinski definition) is 5. The van der Waals surface area contributed by atoms with Crippen LogP contribution in [0.2, 0.25) is 0 Å². The molecule has 4 aromatic carbocycles. The van der Waals surface area contributed by atoms with Crippen molar-refractivity contribution in [2.24, 2.45) is 11.1 Å². The largest absolute Gasteiger partial charge is 0.384 e. The highest BCUT2D eigenvalue weighted by Crippen LogP contribution is 2.51. The van der Waals surface area contributed by atoms with Crippen LogP contribution in [-0.4, -0.2) is 5.78 Å². The van der Waals surface area contributed by atoms with Crippen LogP contribution in [0.1, 0.15) is 60.4 Å². The first-order chi connectivity index (χ1) is 20.6. The number of thioether (sulfide) groups is 1. The zero-order chi connectivity index (χ0) is 30.5. The topological polar surface area (TPSA) is 70.1 Å². The number of nitrogens with zero attached hydrogens (tertiary/aromatic N) is 2. The number of fused-ring (bicyclic) bond motifs is 1. The molecule has 6 rings (SSSR count). The lowest BCUT2D eigenvalue weighted by Gasteiger charge is -2.44. The Morgan fingerprint density at radius 1 is 0.977 bits per heavy atom. The van der Waals surface area contributed by atoms with Gasteiger partial charge < -0.3 is 5.73 Å². The number of hydrogen-bond donors (Lipinski definition) is 1. The minimum Gasteiger partial charge on any atom is -0.384 e. The van der Waals surface area contributed by atoms with E-state index in [9.17, 15) is 10.1 Å². The van der Waals surface area contributed by atoms with Crippen molar-refractivity contribution >= 4 is 34.0 Å². The molecular formula is C38H37N3OS. The second kappa shape index (κ2) is 11.1. The maximum absolute atomic E-state index is 14.2. The van der Waals surface area contributed by atoms with E-state index in [4.69, 9.17) is 5.73 Å². The number of aryl methyl sites for hydroxylation is 2. The number of allylic oxidation sites excluding steroid dienone is 3. The van der Waals surface area contributed by atoms with Gasteiger partial charge in [-0.25, -0.2) is 0 Å². The Bertz CT molecular complexity index is 1890. The van der Waals surface area contributed by atoms with Crippen LogP contribution in [0.4, 0.5) is 5.69 Å². The lowest BCUT2D eigenvalue weighted by molar-refractivity contribution is -0.118. The Morgan fingerprint density at radius 3 is 2.47 bits per heavy atom. The zero-order valence-corrected chi connectivity index (χ0v) is 26.3. The van der Waals surface area contributed by atoms with Gasteiger partial charge >= 0.3 is 0 Å². The van der Waals surface area contributed by atoms with Crippen LogP contribution in [0.3, 0.4) is 0 Å². The van der Waals surface area contributed by atoms with Gasteiger partial charge in [0.05, 0.1) is 23.2 Å². The highest BCUT2D eigenvalue weighted by atomic mass is 32.2. The summed E-state index contributed by atoms with van der Waals surface area (Å²) < 4.78 is 0. The van der Waals surface area contributed by atoms with Crippen LogP contribution in [0.25, 0.3) is 10.8 Å². The SMILES string of the molecule is Cc1cc(CSc2ccccc2C)c(C)c(C2C(C#N)=C(N)N(c3cccc4ccccc34)C3=C2C(=O)CC(C)(C)C3)c1. The summed E-state index contributed by atoms with van der Waals surface area (Å²) in [5.41, 5.74) is 15.5. The number of rotatable bonds is 5. The number of anilines is 1. The predicted octanol–water partition coefficient (Wildman–Crippen LogP) is 9.00. The van der Waals surface area contributed by atoms with Crippen molar-refractivity contribution in [3.8, 4) is 6.07 Å². The van der Waals surface area contributed by atoms with E-state index in [0.717, 1.165) is 44.6 Å². The molecule has 0 saturated heterocycles.